The van der Waals surface area contributed by atoms with Crippen LogP contribution >= 0.6 is 0 Å². The number of aromatic hydroxyl groups is 1. The fourth-order valence-corrected chi connectivity index (χ4v) is 1.07. The van der Waals surface area contributed by atoms with Crippen LogP contribution in [-0.4, -0.2) is 22.5 Å². The van der Waals surface area contributed by atoms with E-state index in [1.807, 2.05) is 0 Å². The van der Waals surface area contributed by atoms with Crippen LogP contribution in [0.5, 0.6) is 5.75 Å². The van der Waals surface area contributed by atoms with Crippen molar-refractivity contribution in [3.05, 3.63) is 24.0 Å². The maximum absolute atomic E-state index is 11.5. The lowest BCUT2D eigenvalue weighted by molar-refractivity contribution is 0.0950. The third kappa shape index (κ3) is 3.31. The van der Waals surface area contributed by atoms with Crippen LogP contribution in [0.3, 0.4) is 0 Å². The molecule has 0 radical (unpaired) electrons. The normalized spacial score (nSPS) is 9.27. The molecule has 2 N–H and O–H groups in total. The summed E-state index contributed by atoms with van der Waals surface area (Å²) >= 11 is 0. The number of unbranched alkanes of at least 4 members (excludes halogenated alkanes) is 1. The fourth-order valence-electron chi connectivity index (χ4n) is 1.07. The smallest absolute Gasteiger partial charge is 0.255 e. The van der Waals surface area contributed by atoms with Crippen molar-refractivity contribution in [2.45, 2.75) is 12.8 Å². The molecule has 1 aromatic heterocycles. The Labute approximate surface area is 88.3 Å². The Kier molecular flexibility index (Phi) is 4.17. The highest BCUT2D eigenvalue weighted by Crippen LogP contribution is 2.13. The van der Waals surface area contributed by atoms with Crippen LogP contribution < -0.4 is 5.32 Å². The second kappa shape index (κ2) is 5.66. The van der Waals surface area contributed by atoms with Crippen LogP contribution in [0.25, 0.3) is 0 Å². The number of carbonyl (C=O) groups excluding carboxylic acids is 1. The minimum absolute atomic E-state index is 0.119. The topological polar surface area (TPSA) is 62.2 Å². The van der Waals surface area contributed by atoms with Crippen LogP contribution in [0.4, 0.5) is 0 Å². The number of rotatable bonds is 4. The minimum Gasteiger partial charge on any atom is -0.505 e. The highest BCUT2D eigenvalue weighted by Gasteiger charge is 2.08. The van der Waals surface area contributed by atoms with Crippen molar-refractivity contribution in [1.29, 1.82) is 0 Å². The Morgan fingerprint density at radius 2 is 2.47 bits per heavy atom. The standard InChI is InChI=1S/C11H12N2O2/c1-2-3-4-6-13-11(15)9-5-7-12-8-10(9)14/h1,5,7-8,14H,3-4,6H2,(H,13,15). The van der Waals surface area contributed by atoms with Gasteiger partial charge < -0.3 is 10.4 Å². The van der Waals surface area contributed by atoms with E-state index in [1.165, 1.54) is 18.5 Å². The number of pyridine rings is 1. The maximum atomic E-state index is 11.5. The van der Waals surface area contributed by atoms with E-state index in [2.05, 4.69) is 16.2 Å². The Hall–Kier alpha value is -2.02. The Morgan fingerprint density at radius 1 is 1.67 bits per heavy atom. The molecule has 0 unspecified atom stereocenters. The largest absolute Gasteiger partial charge is 0.505 e. The summed E-state index contributed by atoms with van der Waals surface area (Å²) in [7, 11) is 0. The van der Waals surface area contributed by atoms with E-state index in [4.69, 9.17) is 6.42 Å². The van der Waals surface area contributed by atoms with Crippen LogP contribution in [0.15, 0.2) is 18.5 Å². The second-order valence-electron chi connectivity index (χ2n) is 2.96. The summed E-state index contributed by atoms with van der Waals surface area (Å²) in [5.74, 6) is 2.05. The number of nitrogens with one attached hydrogen (secondary N) is 1. The summed E-state index contributed by atoms with van der Waals surface area (Å²) in [5.41, 5.74) is 0.228. The molecule has 1 rings (SSSR count). The lowest BCUT2D eigenvalue weighted by atomic mass is 10.2. The molecule has 0 atom stereocenters. The first-order valence-electron chi connectivity index (χ1n) is 4.60. The van der Waals surface area contributed by atoms with Gasteiger partial charge in [-0.15, -0.1) is 12.3 Å². The number of nitrogens with zero attached hydrogens (tertiary/aromatic N) is 1. The number of terminal acetylenes is 1. The molecule has 1 heterocycles. The molecule has 0 saturated heterocycles. The van der Waals surface area contributed by atoms with Gasteiger partial charge in [-0.1, -0.05) is 0 Å². The van der Waals surface area contributed by atoms with Gasteiger partial charge in [0.25, 0.3) is 5.91 Å². The average molecular weight is 204 g/mol. The van der Waals surface area contributed by atoms with Crippen molar-refractivity contribution in [3.8, 4) is 18.1 Å². The van der Waals surface area contributed by atoms with Gasteiger partial charge in [0.05, 0.1) is 11.8 Å². The van der Waals surface area contributed by atoms with E-state index in [0.29, 0.717) is 13.0 Å². The Morgan fingerprint density at radius 3 is 3.13 bits per heavy atom. The van der Waals surface area contributed by atoms with Crippen molar-refractivity contribution < 1.29 is 9.90 Å². The molecular weight excluding hydrogens is 192 g/mol. The molecule has 0 spiro atoms. The van der Waals surface area contributed by atoms with Gasteiger partial charge in [-0.25, -0.2) is 0 Å². The lowest BCUT2D eigenvalue weighted by Crippen LogP contribution is -2.24. The van der Waals surface area contributed by atoms with Gasteiger partial charge >= 0.3 is 0 Å². The SMILES string of the molecule is C#CCCCNC(=O)c1ccncc1O. The van der Waals surface area contributed by atoms with Gasteiger partial charge in [0.2, 0.25) is 0 Å². The zero-order chi connectivity index (χ0) is 11.1. The Bertz CT molecular complexity index is 382. The molecule has 1 amide bonds. The van der Waals surface area contributed by atoms with Crippen LogP contribution in [0, 0.1) is 12.3 Å². The summed E-state index contributed by atoms with van der Waals surface area (Å²) in [6.45, 7) is 0.505. The molecule has 0 aromatic carbocycles. The predicted molar refractivity (Wildman–Crippen MR) is 56.3 cm³/mol. The molecule has 0 saturated carbocycles. The van der Waals surface area contributed by atoms with E-state index in [1.54, 1.807) is 0 Å². The molecule has 0 aliphatic carbocycles. The van der Waals surface area contributed by atoms with Crippen LogP contribution in [0.2, 0.25) is 0 Å². The molecule has 78 valence electrons. The second-order valence-corrected chi connectivity index (χ2v) is 2.96. The van der Waals surface area contributed by atoms with Gasteiger partial charge in [-0.05, 0) is 12.5 Å². The summed E-state index contributed by atoms with van der Waals surface area (Å²) in [6, 6.07) is 1.46. The maximum Gasteiger partial charge on any atom is 0.255 e. The van der Waals surface area contributed by atoms with Crippen LogP contribution in [0.1, 0.15) is 23.2 Å². The number of carbonyl (C=O) groups is 1. The zero-order valence-corrected chi connectivity index (χ0v) is 8.23. The number of hydrogen-bond acceptors (Lipinski definition) is 3. The summed E-state index contributed by atoms with van der Waals surface area (Å²) in [4.78, 5) is 15.2. The van der Waals surface area contributed by atoms with Crippen LogP contribution in [-0.2, 0) is 0 Å². The molecule has 1 aromatic rings. The molecule has 4 nitrogen and oxygen atoms in total. The first-order chi connectivity index (χ1) is 7.25. The van der Waals surface area contributed by atoms with Gasteiger partial charge in [-0.3, -0.25) is 9.78 Å². The fraction of sp³-hybridized carbons (Fsp3) is 0.273. The van der Waals surface area contributed by atoms with Gasteiger partial charge in [0.1, 0.15) is 5.75 Å². The highest BCUT2D eigenvalue weighted by atomic mass is 16.3. The van der Waals surface area contributed by atoms with Crippen molar-refractivity contribution in [3.63, 3.8) is 0 Å². The summed E-state index contributed by atoms with van der Waals surface area (Å²) < 4.78 is 0. The molecule has 0 bridgehead atoms. The quantitative estimate of drug-likeness (QED) is 0.566. The summed E-state index contributed by atoms with van der Waals surface area (Å²) in [6.07, 6.45) is 9.11. The molecule has 15 heavy (non-hydrogen) atoms. The van der Waals surface area contributed by atoms with E-state index in [-0.39, 0.29) is 17.2 Å². The lowest BCUT2D eigenvalue weighted by Gasteiger charge is -2.04. The third-order valence-corrected chi connectivity index (χ3v) is 1.83. The summed E-state index contributed by atoms with van der Waals surface area (Å²) in [5, 5.41) is 12.0. The van der Waals surface area contributed by atoms with Crippen molar-refractivity contribution in [1.82, 2.24) is 10.3 Å². The van der Waals surface area contributed by atoms with E-state index >= 15 is 0 Å². The monoisotopic (exact) mass is 204 g/mol. The van der Waals surface area contributed by atoms with Gasteiger partial charge in [0.15, 0.2) is 0 Å². The highest BCUT2D eigenvalue weighted by molar-refractivity contribution is 5.96. The van der Waals surface area contributed by atoms with Gasteiger partial charge in [-0.2, -0.15) is 0 Å². The van der Waals surface area contributed by atoms with Crippen molar-refractivity contribution in [2.75, 3.05) is 6.54 Å². The minimum atomic E-state index is -0.313. The molecular formula is C11H12N2O2. The van der Waals surface area contributed by atoms with E-state index < -0.39 is 0 Å². The van der Waals surface area contributed by atoms with Crippen molar-refractivity contribution in [2.24, 2.45) is 0 Å². The van der Waals surface area contributed by atoms with Crippen molar-refractivity contribution >= 4 is 5.91 Å². The number of aromatic nitrogens is 1. The molecule has 0 aliphatic rings. The average Bonchev–Trinajstić information content (AvgIpc) is 2.25. The van der Waals surface area contributed by atoms with Gasteiger partial charge in [0, 0.05) is 19.2 Å². The predicted octanol–water partition coefficient (Wildman–Crippen LogP) is 0.930. The molecule has 0 aliphatic heterocycles. The molecule has 0 fully saturated rings. The third-order valence-electron chi connectivity index (χ3n) is 1.83. The first-order valence-corrected chi connectivity index (χ1v) is 4.60. The zero-order valence-electron chi connectivity index (χ0n) is 8.23. The van der Waals surface area contributed by atoms with E-state index in [0.717, 1.165) is 6.42 Å². The van der Waals surface area contributed by atoms with E-state index in [9.17, 15) is 9.90 Å². The first kappa shape index (κ1) is 11.1. The number of hydrogen-bond donors (Lipinski definition) is 2. The number of amides is 1. The Balaban J connectivity index is 2.48. The molecule has 4 heteroatoms.